The summed E-state index contributed by atoms with van der Waals surface area (Å²) in [6, 6.07) is 11.3. The number of benzene rings is 4. The zero-order chi connectivity index (χ0) is 45.3. The van der Waals surface area contributed by atoms with Gasteiger partial charge in [0.1, 0.15) is 23.6 Å². The molecule has 0 bridgehead atoms. The number of nitriles is 2. The van der Waals surface area contributed by atoms with Crippen LogP contribution in [0.2, 0.25) is 0 Å². The fourth-order valence-corrected chi connectivity index (χ4v) is 3.86. The Morgan fingerprint density at radius 3 is 1.20 bits per heavy atom. The summed E-state index contributed by atoms with van der Waals surface area (Å²) >= 11 is 0. The summed E-state index contributed by atoms with van der Waals surface area (Å²) in [6.45, 7) is 7.08. The van der Waals surface area contributed by atoms with Gasteiger partial charge in [0.2, 0.25) is 69.7 Å². The number of carbonyl (C=O) groups is 3. The van der Waals surface area contributed by atoms with E-state index in [-0.39, 0.29) is 40.2 Å². The molecule has 4 aromatic carbocycles. The Bertz CT molecular complexity index is 2300. The highest BCUT2D eigenvalue weighted by molar-refractivity contribution is 5.92. The third kappa shape index (κ3) is 12.0. The minimum atomic E-state index is -5.65. The number of carbonyl (C=O) groups excluding carboxylic acids is 2. The molecule has 10 nitrogen and oxygen atoms in total. The smallest absolute Gasteiger partial charge is 0.490 e. The molecule has 0 heterocycles. The first-order chi connectivity index (χ1) is 27.3. The summed E-state index contributed by atoms with van der Waals surface area (Å²) in [7, 11) is 0. The van der Waals surface area contributed by atoms with Gasteiger partial charge >= 0.3 is 24.1 Å². The quantitative estimate of drug-likeness (QED) is 0.0596. The summed E-state index contributed by atoms with van der Waals surface area (Å²) in [6.07, 6.45) is -5.97. The van der Waals surface area contributed by atoms with Crippen LogP contribution < -0.4 is 18.9 Å². The second kappa shape index (κ2) is 19.9. The van der Waals surface area contributed by atoms with Gasteiger partial charge in [0, 0.05) is 0 Å². The van der Waals surface area contributed by atoms with Crippen molar-refractivity contribution in [2.45, 2.75) is 46.1 Å². The highest BCUT2D eigenvalue weighted by Crippen LogP contribution is 2.32. The molecule has 4 rings (SSSR count). The van der Waals surface area contributed by atoms with Crippen molar-refractivity contribution in [3.8, 4) is 35.1 Å². The average Bonchev–Trinajstić information content (AvgIpc) is 3.17. The molecule has 59 heavy (non-hydrogen) atoms. The number of esters is 2. The highest BCUT2D eigenvalue weighted by atomic mass is 19.4. The summed E-state index contributed by atoms with van der Waals surface area (Å²) in [5.41, 5.74) is -0.0987. The van der Waals surface area contributed by atoms with E-state index in [1.807, 2.05) is 19.9 Å². The van der Waals surface area contributed by atoms with Crippen molar-refractivity contribution in [1.82, 2.24) is 0 Å². The van der Waals surface area contributed by atoms with Crippen LogP contribution >= 0.6 is 0 Å². The molecule has 0 spiro atoms. The Kier molecular flexibility index (Phi) is 16.2. The van der Waals surface area contributed by atoms with Gasteiger partial charge in [-0.05, 0) is 64.1 Å². The molecule has 0 aliphatic carbocycles. The predicted molar refractivity (Wildman–Crippen MR) is 170 cm³/mol. The fourth-order valence-electron chi connectivity index (χ4n) is 3.86. The second-order valence-electron chi connectivity index (χ2n) is 11.4. The zero-order valence-electron chi connectivity index (χ0n) is 29.7. The van der Waals surface area contributed by atoms with Gasteiger partial charge < -0.3 is 24.1 Å². The summed E-state index contributed by atoms with van der Waals surface area (Å²) < 4.78 is 183. The Morgan fingerprint density at radius 1 is 0.559 bits per heavy atom. The number of carboxylic acid groups (broad SMARTS) is 1. The van der Waals surface area contributed by atoms with Crippen LogP contribution in [-0.4, -0.2) is 41.4 Å². The van der Waals surface area contributed by atoms with Crippen LogP contribution in [0.15, 0.2) is 36.4 Å². The largest absolute Gasteiger partial charge is 0.491 e. The summed E-state index contributed by atoms with van der Waals surface area (Å²) in [4.78, 5) is 32.9. The van der Waals surface area contributed by atoms with Crippen LogP contribution in [0.1, 0.15) is 59.5 Å². The van der Waals surface area contributed by atoms with Crippen molar-refractivity contribution in [2.24, 2.45) is 0 Å². The number of alkyl halides is 3. The van der Waals surface area contributed by atoms with Crippen molar-refractivity contribution in [2.75, 3.05) is 0 Å². The van der Waals surface area contributed by atoms with Gasteiger partial charge in [-0.1, -0.05) is 0 Å². The lowest BCUT2D eigenvalue weighted by Gasteiger charge is -2.12. The monoisotopic (exact) mass is 856 g/mol. The minimum absolute atomic E-state index is 0.0484. The molecule has 314 valence electrons. The molecule has 0 radical (unpaired) electrons. The molecule has 0 aliphatic rings. The second-order valence-corrected chi connectivity index (χ2v) is 11.4. The summed E-state index contributed by atoms with van der Waals surface area (Å²) in [5, 5.41) is 26.6. The molecule has 0 fully saturated rings. The molecule has 0 aliphatic heterocycles. The van der Waals surface area contributed by atoms with Crippen LogP contribution in [0, 0.1) is 80.8 Å². The van der Waals surface area contributed by atoms with Gasteiger partial charge in [0.15, 0.2) is 0 Å². The third-order valence-electron chi connectivity index (χ3n) is 6.37. The highest BCUT2D eigenvalue weighted by Gasteiger charge is 2.43. The first-order valence-electron chi connectivity index (χ1n) is 15.5. The van der Waals surface area contributed by atoms with E-state index in [4.69, 9.17) is 25.1 Å². The Morgan fingerprint density at radius 2 is 0.881 bits per heavy atom. The van der Waals surface area contributed by atoms with Crippen molar-refractivity contribution in [1.29, 1.82) is 10.5 Å². The Balaban J connectivity index is 0.000000320. The van der Waals surface area contributed by atoms with Gasteiger partial charge in [-0.3, -0.25) is 0 Å². The van der Waals surface area contributed by atoms with E-state index >= 15 is 0 Å². The van der Waals surface area contributed by atoms with Crippen molar-refractivity contribution in [3.05, 3.63) is 117 Å². The Labute approximate surface area is 322 Å². The molecule has 23 heteroatoms. The van der Waals surface area contributed by atoms with E-state index in [0.717, 1.165) is 12.1 Å². The number of nitrogens with zero attached hydrogens (tertiary/aromatic N) is 2. The number of ether oxygens (including phenoxy) is 4. The lowest BCUT2D eigenvalue weighted by molar-refractivity contribution is -0.190. The molecule has 1 N–H and O–H groups in total. The van der Waals surface area contributed by atoms with E-state index < -0.39 is 93.8 Å². The molecular weight excluding hydrogens is 835 g/mol. The molecule has 0 saturated heterocycles. The Hall–Kier alpha value is -7.04. The van der Waals surface area contributed by atoms with Crippen LogP contribution in [-0.2, 0) is 4.79 Å². The number of carboxylic acids is 1. The molecular formula is C36H21F13N2O8. The molecule has 0 amide bonds. The first kappa shape index (κ1) is 48.1. The number of aromatic carboxylic acids is 1. The molecule has 0 aromatic heterocycles. The average molecular weight is 857 g/mol. The van der Waals surface area contributed by atoms with Gasteiger partial charge in [0.25, 0.3) is 0 Å². The van der Waals surface area contributed by atoms with Crippen LogP contribution in [0.5, 0.6) is 23.0 Å². The molecule has 0 saturated carbocycles. The van der Waals surface area contributed by atoms with E-state index in [1.165, 1.54) is 24.3 Å². The van der Waals surface area contributed by atoms with Crippen LogP contribution in [0.3, 0.4) is 0 Å². The topological polar surface area (TPSA) is 156 Å². The molecule has 4 aromatic rings. The lowest BCUT2D eigenvalue weighted by atomic mass is 10.1. The van der Waals surface area contributed by atoms with Gasteiger partial charge in [-0.2, -0.15) is 41.3 Å². The predicted octanol–water partition coefficient (Wildman–Crippen LogP) is 9.15. The number of rotatable bonds is 8. The number of halogens is 13. The summed E-state index contributed by atoms with van der Waals surface area (Å²) in [5.74, 6) is -33.5. The third-order valence-corrected chi connectivity index (χ3v) is 6.37. The van der Waals surface area contributed by atoms with Crippen molar-refractivity contribution < 1.29 is 95.5 Å². The SMILES string of the molecule is CC(C)Oc1ccc(C(=O)O)cc1C#N.CC(C)Oc1ccc(C(=O)Oc2c(F)c(F)c(F)c(F)c2F)cc1C#N.O=C(Oc1c(F)c(F)c(F)c(F)c1F)C(F)(F)F. The van der Waals surface area contributed by atoms with E-state index in [0.29, 0.717) is 5.75 Å². The maximum absolute atomic E-state index is 13.6. The van der Waals surface area contributed by atoms with E-state index in [9.17, 15) is 71.5 Å². The molecule has 0 atom stereocenters. The minimum Gasteiger partial charge on any atom is -0.490 e. The maximum Gasteiger partial charge on any atom is 0.491 e. The van der Waals surface area contributed by atoms with Gasteiger partial charge in [-0.15, -0.1) is 0 Å². The first-order valence-corrected chi connectivity index (χ1v) is 15.5. The van der Waals surface area contributed by atoms with E-state index in [2.05, 4.69) is 9.47 Å². The molecule has 0 unspecified atom stereocenters. The normalized spacial score (nSPS) is 10.7. The van der Waals surface area contributed by atoms with Gasteiger partial charge in [-0.25, -0.2) is 40.7 Å². The van der Waals surface area contributed by atoms with Crippen LogP contribution in [0.25, 0.3) is 0 Å². The van der Waals surface area contributed by atoms with Crippen molar-refractivity contribution in [3.63, 3.8) is 0 Å². The number of hydrogen-bond acceptors (Lipinski definition) is 9. The zero-order valence-corrected chi connectivity index (χ0v) is 29.7. The van der Waals surface area contributed by atoms with Crippen molar-refractivity contribution >= 4 is 17.9 Å². The van der Waals surface area contributed by atoms with E-state index in [1.54, 1.807) is 19.9 Å². The standard InChI is InChI=1S/C17H10F5NO3.C11H11NO3.C8F8O2/c1-7(2)25-10-4-3-8(5-9(10)6-23)17(24)26-16-14(21)12(19)11(18)13(20)15(16)22;1-7(2)15-10-4-3-8(11(13)14)5-9(10)6-12;9-1-2(10)4(12)6(5(13)3(1)11)18-7(17)8(14,15)16/h3-5,7H,1-2H3;3-5,7H,1-2H3,(H,13,14);. The van der Waals surface area contributed by atoms with Gasteiger partial charge in [0.05, 0.1) is 34.5 Å². The number of hydrogen-bond donors (Lipinski definition) is 1. The maximum atomic E-state index is 13.6. The lowest BCUT2D eigenvalue weighted by Crippen LogP contribution is -2.29. The van der Waals surface area contributed by atoms with Crippen LogP contribution in [0.4, 0.5) is 57.1 Å². The fraction of sp³-hybridized carbons (Fsp3) is 0.194.